The molecule has 0 spiro atoms. The van der Waals surface area contributed by atoms with Gasteiger partial charge in [0.25, 0.3) is 0 Å². The maximum atomic E-state index is 5.73. The number of ether oxygens (including phenoxy) is 3. The van der Waals surface area contributed by atoms with E-state index in [0.29, 0.717) is 13.2 Å². The van der Waals surface area contributed by atoms with Gasteiger partial charge in [-0.25, -0.2) is 0 Å². The molecule has 0 heterocycles. The van der Waals surface area contributed by atoms with E-state index in [1.807, 2.05) is 36.4 Å². The summed E-state index contributed by atoms with van der Waals surface area (Å²) in [5.41, 5.74) is 2.41. The van der Waals surface area contributed by atoms with Gasteiger partial charge in [-0.3, -0.25) is 0 Å². The fourth-order valence-electron chi connectivity index (χ4n) is 1.86. The molecule has 0 aromatic heterocycles. The first kappa shape index (κ1) is 14.3. The molecule has 0 aliphatic carbocycles. The first-order valence-electron chi connectivity index (χ1n) is 6.66. The highest BCUT2D eigenvalue weighted by molar-refractivity contribution is 5.38. The lowest BCUT2D eigenvalue weighted by atomic mass is 10.1. The number of benzene rings is 2. The minimum absolute atomic E-state index is 0.514. The van der Waals surface area contributed by atoms with Gasteiger partial charge >= 0.3 is 0 Å². The molecule has 0 amide bonds. The van der Waals surface area contributed by atoms with Crippen LogP contribution in [0.1, 0.15) is 11.1 Å². The molecular formula is C17H20O3. The summed E-state index contributed by atoms with van der Waals surface area (Å²) in [6.45, 7) is 5.18. The molecule has 0 saturated carbocycles. The van der Waals surface area contributed by atoms with Crippen molar-refractivity contribution in [2.75, 3.05) is 20.3 Å². The summed E-state index contributed by atoms with van der Waals surface area (Å²) in [7, 11) is 1.65. The minimum Gasteiger partial charge on any atom is -0.497 e. The van der Waals surface area contributed by atoms with Gasteiger partial charge in [-0.15, -0.1) is 0 Å². The highest BCUT2D eigenvalue weighted by atomic mass is 16.5. The molecule has 2 aromatic carbocycles. The molecular weight excluding hydrogens is 252 g/mol. The molecule has 3 heteroatoms. The number of methoxy groups -OCH3 is 1. The van der Waals surface area contributed by atoms with Crippen LogP contribution in [-0.2, 0) is 0 Å². The third-order valence-electron chi connectivity index (χ3n) is 3.22. The minimum atomic E-state index is 0.514. The third kappa shape index (κ3) is 3.67. The molecule has 0 radical (unpaired) electrons. The van der Waals surface area contributed by atoms with Gasteiger partial charge in [0.15, 0.2) is 0 Å². The average Bonchev–Trinajstić information content (AvgIpc) is 2.48. The maximum absolute atomic E-state index is 5.73. The van der Waals surface area contributed by atoms with Crippen LogP contribution in [0.5, 0.6) is 17.2 Å². The fourth-order valence-corrected chi connectivity index (χ4v) is 1.86. The van der Waals surface area contributed by atoms with Crippen molar-refractivity contribution in [2.24, 2.45) is 0 Å². The normalized spacial score (nSPS) is 10.2. The van der Waals surface area contributed by atoms with Crippen LogP contribution in [0, 0.1) is 13.8 Å². The summed E-state index contributed by atoms with van der Waals surface area (Å²) in [5, 5.41) is 0. The second-order valence-electron chi connectivity index (χ2n) is 4.57. The van der Waals surface area contributed by atoms with Crippen molar-refractivity contribution in [3.8, 4) is 17.2 Å². The molecule has 0 bridgehead atoms. The Hall–Kier alpha value is -2.16. The highest BCUT2D eigenvalue weighted by Gasteiger charge is 2.01. The fraction of sp³-hybridized carbons (Fsp3) is 0.294. The molecule has 2 aromatic rings. The summed E-state index contributed by atoms with van der Waals surface area (Å²) in [4.78, 5) is 0. The van der Waals surface area contributed by atoms with Gasteiger partial charge in [0, 0.05) is 0 Å². The highest BCUT2D eigenvalue weighted by Crippen LogP contribution is 2.20. The van der Waals surface area contributed by atoms with Crippen LogP contribution < -0.4 is 14.2 Å². The van der Waals surface area contributed by atoms with Crippen LogP contribution >= 0.6 is 0 Å². The maximum Gasteiger partial charge on any atom is 0.122 e. The Morgan fingerprint density at radius 2 is 1.45 bits per heavy atom. The standard InChI is InChI=1S/C17H20O3/c1-13-5-4-6-17(14(13)2)20-12-11-19-16-9-7-15(18-3)8-10-16/h4-10H,11-12H2,1-3H3. The number of rotatable bonds is 6. The van der Waals surface area contributed by atoms with Crippen LogP contribution in [0.25, 0.3) is 0 Å². The van der Waals surface area contributed by atoms with E-state index in [4.69, 9.17) is 14.2 Å². The molecule has 2 rings (SSSR count). The number of hydrogen-bond donors (Lipinski definition) is 0. The zero-order valence-electron chi connectivity index (χ0n) is 12.2. The largest absolute Gasteiger partial charge is 0.497 e. The Labute approximate surface area is 120 Å². The van der Waals surface area contributed by atoms with Gasteiger partial charge in [-0.05, 0) is 55.3 Å². The number of aryl methyl sites for hydroxylation is 1. The van der Waals surface area contributed by atoms with Crippen LogP contribution in [0.15, 0.2) is 42.5 Å². The van der Waals surface area contributed by atoms with E-state index in [2.05, 4.69) is 19.9 Å². The second kappa shape index (κ2) is 6.85. The molecule has 0 N–H and O–H groups in total. The predicted molar refractivity (Wildman–Crippen MR) is 79.9 cm³/mol. The molecule has 0 saturated heterocycles. The Morgan fingerprint density at radius 1 is 0.800 bits per heavy atom. The summed E-state index contributed by atoms with van der Waals surface area (Å²) in [5.74, 6) is 2.56. The van der Waals surface area contributed by atoms with E-state index in [-0.39, 0.29) is 0 Å². The van der Waals surface area contributed by atoms with Gasteiger partial charge in [-0.1, -0.05) is 12.1 Å². The Balaban J connectivity index is 1.80. The Morgan fingerprint density at radius 3 is 2.15 bits per heavy atom. The Kier molecular flexibility index (Phi) is 4.88. The SMILES string of the molecule is COc1ccc(OCCOc2cccc(C)c2C)cc1. The van der Waals surface area contributed by atoms with E-state index in [0.717, 1.165) is 17.2 Å². The van der Waals surface area contributed by atoms with Gasteiger partial charge in [0.1, 0.15) is 30.5 Å². The molecule has 106 valence electrons. The lowest BCUT2D eigenvalue weighted by Gasteiger charge is -2.11. The van der Waals surface area contributed by atoms with E-state index < -0.39 is 0 Å². The molecule has 3 nitrogen and oxygen atoms in total. The molecule has 0 atom stereocenters. The summed E-state index contributed by atoms with van der Waals surface area (Å²) < 4.78 is 16.4. The molecule has 0 fully saturated rings. The Bertz CT molecular complexity index is 547. The monoisotopic (exact) mass is 272 g/mol. The summed E-state index contributed by atoms with van der Waals surface area (Å²) in [6.07, 6.45) is 0. The van der Waals surface area contributed by atoms with E-state index in [1.54, 1.807) is 7.11 Å². The van der Waals surface area contributed by atoms with E-state index in [1.165, 1.54) is 11.1 Å². The van der Waals surface area contributed by atoms with Crippen LogP contribution in [-0.4, -0.2) is 20.3 Å². The van der Waals surface area contributed by atoms with Gasteiger partial charge in [0.05, 0.1) is 7.11 Å². The smallest absolute Gasteiger partial charge is 0.122 e. The first-order chi connectivity index (χ1) is 9.70. The number of hydrogen-bond acceptors (Lipinski definition) is 3. The van der Waals surface area contributed by atoms with E-state index >= 15 is 0 Å². The molecule has 0 aliphatic heterocycles. The van der Waals surface area contributed by atoms with Crippen molar-refractivity contribution < 1.29 is 14.2 Å². The quantitative estimate of drug-likeness (QED) is 0.749. The molecule has 0 aliphatic rings. The lowest BCUT2D eigenvalue weighted by Crippen LogP contribution is -2.09. The second-order valence-corrected chi connectivity index (χ2v) is 4.57. The van der Waals surface area contributed by atoms with Crippen molar-refractivity contribution in [3.05, 3.63) is 53.6 Å². The average molecular weight is 272 g/mol. The lowest BCUT2D eigenvalue weighted by molar-refractivity contribution is 0.216. The van der Waals surface area contributed by atoms with Crippen molar-refractivity contribution in [2.45, 2.75) is 13.8 Å². The van der Waals surface area contributed by atoms with Crippen LogP contribution in [0.2, 0.25) is 0 Å². The van der Waals surface area contributed by atoms with E-state index in [9.17, 15) is 0 Å². The van der Waals surface area contributed by atoms with Crippen molar-refractivity contribution in [1.29, 1.82) is 0 Å². The van der Waals surface area contributed by atoms with Crippen molar-refractivity contribution in [3.63, 3.8) is 0 Å². The zero-order valence-corrected chi connectivity index (χ0v) is 12.2. The third-order valence-corrected chi connectivity index (χ3v) is 3.22. The molecule has 20 heavy (non-hydrogen) atoms. The predicted octanol–water partition coefficient (Wildman–Crippen LogP) is 3.77. The van der Waals surface area contributed by atoms with Crippen LogP contribution in [0.3, 0.4) is 0 Å². The van der Waals surface area contributed by atoms with Crippen molar-refractivity contribution in [1.82, 2.24) is 0 Å². The zero-order chi connectivity index (χ0) is 14.4. The first-order valence-corrected chi connectivity index (χ1v) is 6.66. The van der Waals surface area contributed by atoms with Gasteiger partial charge in [-0.2, -0.15) is 0 Å². The van der Waals surface area contributed by atoms with Crippen molar-refractivity contribution >= 4 is 0 Å². The van der Waals surface area contributed by atoms with Gasteiger partial charge < -0.3 is 14.2 Å². The molecule has 0 unspecified atom stereocenters. The topological polar surface area (TPSA) is 27.7 Å². The van der Waals surface area contributed by atoms with Gasteiger partial charge in [0.2, 0.25) is 0 Å². The van der Waals surface area contributed by atoms with Crippen LogP contribution in [0.4, 0.5) is 0 Å². The summed E-state index contributed by atoms with van der Waals surface area (Å²) >= 11 is 0. The summed E-state index contributed by atoms with van der Waals surface area (Å²) in [6, 6.07) is 13.6.